The molecule has 3 aromatic rings. The van der Waals surface area contributed by atoms with E-state index in [0.29, 0.717) is 58.7 Å². The molecule has 3 aliphatic rings. The van der Waals surface area contributed by atoms with E-state index in [4.69, 9.17) is 19.4 Å². The molecule has 0 aliphatic carbocycles. The summed E-state index contributed by atoms with van der Waals surface area (Å²) >= 11 is 0. The van der Waals surface area contributed by atoms with Gasteiger partial charge in [-0.25, -0.2) is 18.7 Å². The lowest BCUT2D eigenvalue weighted by molar-refractivity contribution is -0.143. The van der Waals surface area contributed by atoms with E-state index in [1.165, 1.54) is 12.1 Å². The van der Waals surface area contributed by atoms with Crippen molar-refractivity contribution >= 4 is 11.7 Å². The molecule has 12 heteroatoms. The Balaban J connectivity index is 1.23. The number of fused-ring (bicyclic) bond motifs is 1. The smallest absolute Gasteiger partial charge is 0.242 e. The van der Waals surface area contributed by atoms with Crippen LogP contribution in [0.15, 0.2) is 30.6 Å². The number of carbonyl (C=O) groups is 1. The number of aromatic nitrogens is 4. The van der Waals surface area contributed by atoms with Crippen LogP contribution >= 0.6 is 0 Å². The average Bonchev–Trinajstić information content (AvgIpc) is 3.47. The second-order valence-corrected chi connectivity index (χ2v) is 10.8. The van der Waals surface area contributed by atoms with Crippen molar-refractivity contribution < 1.29 is 23.0 Å². The van der Waals surface area contributed by atoms with E-state index in [2.05, 4.69) is 14.9 Å². The maximum Gasteiger partial charge on any atom is 0.242 e. The quantitative estimate of drug-likeness (QED) is 0.450. The highest BCUT2D eigenvalue weighted by molar-refractivity contribution is 5.82. The van der Waals surface area contributed by atoms with Gasteiger partial charge in [-0.2, -0.15) is 5.10 Å². The number of ether oxygens (including phenoxy) is 2. The second kappa shape index (κ2) is 11.7. The van der Waals surface area contributed by atoms with Gasteiger partial charge in [-0.05, 0) is 26.1 Å². The number of nitrogens with zero attached hydrogens (tertiary/aromatic N) is 7. The zero-order valence-corrected chi connectivity index (χ0v) is 23.4. The highest BCUT2D eigenvalue weighted by atomic mass is 19.1. The van der Waals surface area contributed by atoms with E-state index < -0.39 is 11.6 Å². The number of hydrogen-bond acceptors (Lipinski definition) is 8. The third-order valence-electron chi connectivity index (χ3n) is 8.14. The van der Waals surface area contributed by atoms with Gasteiger partial charge in [0, 0.05) is 69.8 Å². The number of piperidine rings is 1. The number of halogens is 2. The largest absolute Gasteiger partial charge is 0.487 e. The molecule has 1 aromatic carbocycles. The Labute approximate surface area is 237 Å². The van der Waals surface area contributed by atoms with Crippen molar-refractivity contribution in [3.63, 3.8) is 0 Å². The summed E-state index contributed by atoms with van der Waals surface area (Å²) in [7, 11) is 1.96. The Kier molecular flexibility index (Phi) is 7.85. The van der Waals surface area contributed by atoms with Crippen LogP contribution in [-0.4, -0.2) is 94.0 Å². The molecule has 3 aliphatic heterocycles. The van der Waals surface area contributed by atoms with Gasteiger partial charge in [-0.3, -0.25) is 14.4 Å². The molecule has 218 valence electrons. The molecule has 41 heavy (non-hydrogen) atoms. The number of aryl methyl sites for hydroxylation is 1. The molecule has 0 N–H and O–H groups in total. The first-order valence-corrected chi connectivity index (χ1v) is 14.3. The summed E-state index contributed by atoms with van der Waals surface area (Å²) in [5.74, 6) is -0.415. The molecule has 2 saturated heterocycles. The van der Waals surface area contributed by atoms with Crippen LogP contribution in [0.4, 0.5) is 14.6 Å². The standard InChI is InChI=1S/C29H35F2N7O3/c1-3-38-16-19(15-32-38)27-28(36-9-6-21(7-10-36)41-26-5-4-20(30)14-22(26)31)34-23-8-11-37(17-24(23)33-27)29(39)25-18-40-13-12-35(25)2/h4-5,14-16,21,25H,3,6-13,17-18H2,1-2H3. The van der Waals surface area contributed by atoms with E-state index >= 15 is 0 Å². The zero-order valence-electron chi connectivity index (χ0n) is 23.4. The Morgan fingerprint density at radius 3 is 2.68 bits per heavy atom. The predicted octanol–water partition coefficient (Wildman–Crippen LogP) is 2.90. The van der Waals surface area contributed by atoms with E-state index in [-0.39, 0.29) is 23.8 Å². The summed E-state index contributed by atoms with van der Waals surface area (Å²) in [4.78, 5) is 29.7. The van der Waals surface area contributed by atoms with E-state index in [1.54, 1.807) is 6.20 Å². The molecule has 1 atom stereocenters. The number of amides is 1. The molecule has 0 bridgehead atoms. The SMILES string of the molecule is CCn1cc(-c2nc3c(nc2N2CCC(Oc4ccc(F)cc4F)CC2)CCN(C(=O)C2COCCN2C)C3)cn1. The van der Waals surface area contributed by atoms with Crippen LogP contribution < -0.4 is 9.64 Å². The topological polar surface area (TPSA) is 88.9 Å². The van der Waals surface area contributed by atoms with Gasteiger partial charge >= 0.3 is 0 Å². The van der Waals surface area contributed by atoms with Crippen LogP contribution in [-0.2, 0) is 29.0 Å². The Bertz CT molecular complexity index is 1410. The Morgan fingerprint density at radius 1 is 1.12 bits per heavy atom. The van der Waals surface area contributed by atoms with Crippen molar-refractivity contribution in [3.05, 3.63) is 53.6 Å². The predicted molar refractivity (Wildman–Crippen MR) is 148 cm³/mol. The summed E-state index contributed by atoms with van der Waals surface area (Å²) in [6.07, 6.45) is 5.51. The van der Waals surface area contributed by atoms with Crippen LogP contribution in [0.5, 0.6) is 5.75 Å². The van der Waals surface area contributed by atoms with E-state index in [1.807, 2.05) is 29.7 Å². The first-order valence-electron chi connectivity index (χ1n) is 14.3. The lowest BCUT2D eigenvalue weighted by atomic mass is 10.0. The normalized spacial score (nSPS) is 20.2. The zero-order chi connectivity index (χ0) is 28.5. The molecule has 6 rings (SSSR count). The van der Waals surface area contributed by atoms with Crippen molar-refractivity contribution in [2.45, 2.75) is 51.4 Å². The number of hydrogen-bond donors (Lipinski definition) is 0. The summed E-state index contributed by atoms with van der Waals surface area (Å²) in [5, 5.41) is 4.46. The number of rotatable bonds is 6. The van der Waals surface area contributed by atoms with Crippen molar-refractivity contribution in [1.82, 2.24) is 29.5 Å². The van der Waals surface area contributed by atoms with Crippen LogP contribution in [0, 0.1) is 11.6 Å². The van der Waals surface area contributed by atoms with Crippen molar-refractivity contribution in [1.29, 1.82) is 0 Å². The van der Waals surface area contributed by atoms with Crippen molar-refractivity contribution in [2.24, 2.45) is 0 Å². The highest BCUT2D eigenvalue weighted by Crippen LogP contribution is 2.33. The Morgan fingerprint density at radius 2 is 1.95 bits per heavy atom. The summed E-state index contributed by atoms with van der Waals surface area (Å²) in [5.41, 5.74) is 3.31. The molecule has 1 unspecified atom stereocenters. The fourth-order valence-electron chi connectivity index (χ4n) is 5.68. The van der Waals surface area contributed by atoms with Crippen molar-refractivity contribution in [3.8, 4) is 17.0 Å². The number of likely N-dealkylation sites (N-methyl/N-ethyl adjacent to an activating group) is 1. The van der Waals surface area contributed by atoms with Gasteiger partial charge < -0.3 is 19.3 Å². The molecule has 5 heterocycles. The Hall–Kier alpha value is -3.64. The van der Waals surface area contributed by atoms with Crippen LogP contribution in [0.3, 0.4) is 0 Å². The first-order chi connectivity index (χ1) is 19.9. The van der Waals surface area contributed by atoms with Crippen LogP contribution in [0.25, 0.3) is 11.3 Å². The molecule has 10 nitrogen and oxygen atoms in total. The second-order valence-electron chi connectivity index (χ2n) is 10.8. The van der Waals surface area contributed by atoms with Gasteiger partial charge in [0.1, 0.15) is 23.7 Å². The van der Waals surface area contributed by atoms with Gasteiger partial charge in [0.25, 0.3) is 0 Å². The van der Waals surface area contributed by atoms with E-state index in [0.717, 1.165) is 47.6 Å². The van der Waals surface area contributed by atoms with E-state index in [9.17, 15) is 13.6 Å². The molecule has 0 saturated carbocycles. The third-order valence-corrected chi connectivity index (χ3v) is 8.14. The molecule has 0 radical (unpaired) electrons. The molecule has 2 aromatic heterocycles. The molecule has 2 fully saturated rings. The van der Waals surface area contributed by atoms with Gasteiger partial charge in [0.2, 0.25) is 5.91 Å². The summed E-state index contributed by atoms with van der Waals surface area (Å²) in [6.45, 7) is 6.81. The monoisotopic (exact) mass is 567 g/mol. The minimum Gasteiger partial charge on any atom is -0.487 e. The molecular weight excluding hydrogens is 532 g/mol. The van der Waals surface area contributed by atoms with Crippen LogP contribution in [0.1, 0.15) is 31.2 Å². The van der Waals surface area contributed by atoms with Gasteiger partial charge in [-0.1, -0.05) is 0 Å². The number of carbonyl (C=O) groups excluding carboxylic acids is 1. The lowest BCUT2D eigenvalue weighted by Gasteiger charge is -2.37. The maximum absolute atomic E-state index is 14.1. The van der Waals surface area contributed by atoms with Crippen molar-refractivity contribution in [2.75, 3.05) is 51.3 Å². The van der Waals surface area contributed by atoms with Gasteiger partial charge in [-0.15, -0.1) is 0 Å². The molecule has 1 amide bonds. The number of morpholine rings is 1. The van der Waals surface area contributed by atoms with Gasteiger partial charge in [0.05, 0.1) is 37.3 Å². The fraction of sp³-hybridized carbons (Fsp3) is 0.517. The average molecular weight is 568 g/mol. The number of anilines is 1. The first kappa shape index (κ1) is 27.5. The minimum absolute atomic E-state index is 0.0590. The minimum atomic E-state index is -0.696. The van der Waals surface area contributed by atoms with Crippen LogP contribution in [0.2, 0.25) is 0 Å². The number of benzene rings is 1. The fourth-order valence-corrected chi connectivity index (χ4v) is 5.68. The third kappa shape index (κ3) is 5.76. The summed E-state index contributed by atoms with van der Waals surface area (Å²) in [6, 6.07) is 3.09. The highest BCUT2D eigenvalue weighted by Gasteiger charge is 2.34. The van der Waals surface area contributed by atoms with Gasteiger partial charge in [0.15, 0.2) is 17.4 Å². The maximum atomic E-state index is 14.1. The molecular formula is C29H35F2N7O3. The molecule has 0 spiro atoms. The summed E-state index contributed by atoms with van der Waals surface area (Å²) < 4.78 is 40.8. The lowest BCUT2D eigenvalue weighted by Crippen LogP contribution is -2.54.